The summed E-state index contributed by atoms with van der Waals surface area (Å²) < 4.78 is 24.8. The highest BCUT2D eigenvalue weighted by Gasteiger charge is 2.48. The molecule has 1 saturated heterocycles. The molecule has 36 heavy (non-hydrogen) atoms. The van der Waals surface area contributed by atoms with Crippen molar-refractivity contribution in [1.82, 2.24) is 4.98 Å². The molecular weight excluding hydrogens is 487 g/mol. The maximum absolute atomic E-state index is 14.2. The molecule has 4 aromatic rings. The number of carbonyl (C=O) groups is 2. The molecular formula is C27H20ClFN2O5. The van der Waals surface area contributed by atoms with E-state index in [-0.39, 0.29) is 33.3 Å². The second-order valence-corrected chi connectivity index (χ2v) is 8.53. The molecule has 7 nitrogen and oxygen atoms in total. The molecule has 3 aromatic carbocycles. The fourth-order valence-electron chi connectivity index (χ4n) is 4.53. The highest BCUT2D eigenvalue weighted by Crippen LogP contribution is 2.46. The summed E-state index contributed by atoms with van der Waals surface area (Å²) in [5.41, 5.74) is 1.42. The third-order valence-electron chi connectivity index (χ3n) is 6.18. The van der Waals surface area contributed by atoms with Crippen LogP contribution in [-0.4, -0.2) is 36.0 Å². The van der Waals surface area contributed by atoms with E-state index >= 15 is 0 Å². The number of para-hydroxylation sites is 1. The molecule has 2 heterocycles. The van der Waals surface area contributed by atoms with Crippen molar-refractivity contribution in [3.05, 3.63) is 94.4 Å². The Hall–Kier alpha value is -4.30. The third kappa shape index (κ3) is 3.67. The first kappa shape index (κ1) is 23.4. The lowest BCUT2D eigenvalue weighted by molar-refractivity contribution is -0.132. The molecule has 1 unspecified atom stereocenters. The van der Waals surface area contributed by atoms with Gasteiger partial charge in [0.05, 0.1) is 36.4 Å². The molecule has 2 N–H and O–H groups in total. The van der Waals surface area contributed by atoms with Gasteiger partial charge in [-0.05, 0) is 30.3 Å². The van der Waals surface area contributed by atoms with Gasteiger partial charge in [0.25, 0.3) is 11.7 Å². The van der Waals surface area contributed by atoms with Crippen molar-refractivity contribution in [2.24, 2.45) is 0 Å². The van der Waals surface area contributed by atoms with Crippen LogP contribution >= 0.6 is 11.6 Å². The zero-order valence-corrected chi connectivity index (χ0v) is 20.0. The van der Waals surface area contributed by atoms with Crippen LogP contribution < -0.4 is 14.4 Å². The van der Waals surface area contributed by atoms with Gasteiger partial charge in [-0.15, -0.1) is 0 Å². The van der Waals surface area contributed by atoms with Crippen molar-refractivity contribution in [2.75, 3.05) is 19.1 Å². The molecule has 0 aliphatic carbocycles. The highest BCUT2D eigenvalue weighted by molar-refractivity contribution is 6.52. The number of benzene rings is 3. The van der Waals surface area contributed by atoms with E-state index in [1.54, 1.807) is 6.20 Å². The van der Waals surface area contributed by atoms with Crippen LogP contribution in [0.25, 0.3) is 16.7 Å². The Morgan fingerprint density at radius 1 is 1.03 bits per heavy atom. The van der Waals surface area contributed by atoms with Crippen LogP contribution in [0.15, 0.2) is 72.4 Å². The van der Waals surface area contributed by atoms with Crippen LogP contribution in [0.1, 0.15) is 17.2 Å². The second kappa shape index (κ2) is 9.05. The van der Waals surface area contributed by atoms with E-state index in [4.69, 9.17) is 21.1 Å². The minimum absolute atomic E-state index is 0.112. The predicted molar refractivity (Wildman–Crippen MR) is 134 cm³/mol. The largest absolute Gasteiger partial charge is 0.507 e. The first-order chi connectivity index (χ1) is 17.3. The average molecular weight is 507 g/mol. The number of ether oxygens (including phenoxy) is 2. The zero-order valence-electron chi connectivity index (χ0n) is 19.2. The number of anilines is 1. The Labute approximate surface area is 210 Å². The topological polar surface area (TPSA) is 91.9 Å². The number of halogens is 2. The molecule has 0 radical (unpaired) electrons. The number of hydrogen-bond donors (Lipinski definition) is 2. The maximum Gasteiger partial charge on any atom is 0.300 e. The molecule has 1 aliphatic rings. The lowest BCUT2D eigenvalue weighted by Crippen LogP contribution is -2.29. The number of hydrogen-bond acceptors (Lipinski definition) is 5. The van der Waals surface area contributed by atoms with Gasteiger partial charge >= 0.3 is 0 Å². The van der Waals surface area contributed by atoms with Crippen LogP contribution in [0.5, 0.6) is 11.5 Å². The molecule has 1 aromatic heterocycles. The first-order valence-corrected chi connectivity index (χ1v) is 11.3. The number of aliphatic hydroxyl groups excluding tert-OH is 1. The number of Topliss-reactive ketones (excluding diaryl/α,β-unsaturated/α-hetero) is 1. The number of aromatic nitrogens is 1. The Kier molecular flexibility index (Phi) is 5.89. The summed E-state index contributed by atoms with van der Waals surface area (Å²) in [5.74, 6) is -2.47. The number of aromatic amines is 1. The molecule has 0 spiro atoms. The summed E-state index contributed by atoms with van der Waals surface area (Å²) in [6, 6.07) is 14.5. The molecule has 1 fully saturated rings. The van der Waals surface area contributed by atoms with Crippen LogP contribution in [0.4, 0.5) is 10.1 Å². The normalized spacial score (nSPS) is 17.1. The highest BCUT2D eigenvalue weighted by atomic mass is 35.5. The van der Waals surface area contributed by atoms with E-state index in [1.807, 2.05) is 24.3 Å². The fraction of sp³-hybridized carbons (Fsp3) is 0.111. The smallest absolute Gasteiger partial charge is 0.300 e. The van der Waals surface area contributed by atoms with E-state index < -0.39 is 29.3 Å². The van der Waals surface area contributed by atoms with E-state index in [0.717, 1.165) is 10.9 Å². The van der Waals surface area contributed by atoms with Crippen LogP contribution in [-0.2, 0) is 9.59 Å². The van der Waals surface area contributed by atoms with E-state index in [0.29, 0.717) is 5.56 Å². The minimum Gasteiger partial charge on any atom is -0.507 e. The molecule has 1 amide bonds. The van der Waals surface area contributed by atoms with Crippen molar-refractivity contribution in [2.45, 2.75) is 6.04 Å². The van der Waals surface area contributed by atoms with Gasteiger partial charge in [0.1, 0.15) is 23.1 Å². The van der Waals surface area contributed by atoms with Gasteiger partial charge in [0, 0.05) is 34.4 Å². The number of aliphatic hydroxyl groups is 1. The number of amides is 1. The Bertz CT molecular complexity index is 1560. The summed E-state index contributed by atoms with van der Waals surface area (Å²) in [6.45, 7) is 0. The Balaban J connectivity index is 1.82. The second-order valence-electron chi connectivity index (χ2n) is 8.13. The van der Waals surface area contributed by atoms with E-state index in [1.165, 1.54) is 55.5 Å². The lowest BCUT2D eigenvalue weighted by atomic mass is 9.94. The van der Waals surface area contributed by atoms with Crippen molar-refractivity contribution < 1.29 is 28.6 Å². The average Bonchev–Trinajstić information content (AvgIpc) is 3.41. The first-order valence-electron chi connectivity index (χ1n) is 10.9. The summed E-state index contributed by atoms with van der Waals surface area (Å²) in [6.07, 6.45) is 1.67. The molecule has 1 aliphatic heterocycles. The Morgan fingerprint density at radius 2 is 1.78 bits per heavy atom. The van der Waals surface area contributed by atoms with Gasteiger partial charge in [-0.1, -0.05) is 35.9 Å². The molecule has 0 bridgehead atoms. The number of H-pyrrole nitrogens is 1. The van der Waals surface area contributed by atoms with Crippen LogP contribution in [0.3, 0.4) is 0 Å². The summed E-state index contributed by atoms with van der Waals surface area (Å²) in [5, 5.41) is 12.5. The van der Waals surface area contributed by atoms with Crippen LogP contribution in [0.2, 0.25) is 5.02 Å². The van der Waals surface area contributed by atoms with Crippen LogP contribution in [0, 0.1) is 5.82 Å². The van der Waals surface area contributed by atoms with Crippen molar-refractivity contribution >= 4 is 45.6 Å². The van der Waals surface area contributed by atoms with Crippen molar-refractivity contribution in [3.63, 3.8) is 0 Å². The molecule has 1 atom stereocenters. The summed E-state index contributed by atoms with van der Waals surface area (Å²) in [7, 11) is 2.80. The van der Waals surface area contributed by atoms with Crippen molar-refractivity contribution in [1.29, 1.82) is 0 Å². The number of methoxy groups -OCH3 is 2. The number of nitrogens with zero attached hydrogens (tertiary/aromatic N) is 1. The van der Waals surface area contributed by atoms with E-state index in [2.05, 4.69) is 4.98 Å². The third-order valence-corrected chi connectivity index (χ3v) is 6.47. The van der Waals surface area contributed by atoms with Crippen molar-refractivity contribution in [3.8, 4) is 11.5 Å². The van der Waals surface area contributed by atoms with Gasteiger partial charge < -0.3 is 19.6 Å². The zero-order chi connectivity index (χ0) is 25.6. The fourth-order valence-corrected chi connectivity index (χ4v) is 4.76. The number of rotatable bonds is 5. The van der Waals surface area contributed by atoms with Gasteiger partial charge in [-0.2, -0.15) is 0 Å². The minimum atomic E-state index is -1.06. The molecule has 9 heteroatoms. The standard InChI is InChI=1S/C27H20ClFN2O5/c1-35-21-12-19(28)22(36-2)11-17(21)25(32)23-24(18-13-30-20-9-4-3-8-16(18)20)31(27(34)26(23)33)15-7-5-6-14(29)10-15/h3-13,24,30,32H,1-2H3/b25-23+. The maximum atomic E-state index is 14.2. The Morgan fingerprint density at radius 3 is 2.50 bits per heavy atom. The van der Waals surface area contributed by atoms with Gasteiger partial charge in [-0.25, -0.2) is 4.39 Å². The predicted octanol–water partition coefficient (Wildman–Crippen LogP) is 5.60. The number of ketones is 1. The molecule has 182 valence electrons. The van der Waals surface area contributed by atoms with Gasteiger partial charge in [0.15, 0.2) is 0 Å². The summed E-state index contributed by atoms with van der Waals surface area (Å²) in [4.78, 5) is 31.1. The monoisotopic (exact) mass is 506 g/mol. The van der Waals surface area contributed by atoms with Gasteiger partial charge in [-0.3, -0.25) is 14.5 Å². The quantitative estimate of drug-likeness (QED) is 0.209. The number of fused-ring (bicyclic) bond motifs is 1. The number of nitrogens with one attached hydrogen (secondary N) is 1. The summed E-state index contributed by atoms with van der Waals surface area (Å²) >= 11 is 6.22. The van der Waals surface area contributed by atoms with E-state index in [9.17, 15) is 19.1 Å². The molecule has 5 rings (SSSR count). The lowest BCUT2D eigenvalue weighted by Gasteiger charge is -2.25. The molecule has 0 saturated carbocycles. The van der Waals surface area contributed by atoms with Gasteiger partial charge in [0.2, 0.25) is 0 Å². The number of carbonyl (C=O) groups excluding carboxylic acids is 2. The SMILES string of the molecule is COc1cc(/C(O)=C2\C(=O)C(=O)N(c3cccc(F)c3)C2c2c[nH]c3ccccc23)c(OC)cc1Cl.